The minimum absolute atomic E-state index is 0.195. The molecule has 1 heterocycles. The molecule has 0 atom stereocenters. The summed E-state index contributed by atoms with van der Waals surface area (Å²) in [5, 5.41) is 10.8. The van der Waals surface area contributed by atoms with E-state index in [0.717, 1.165) is 31.0 Å². The lowest BCUT2D eigenvalue weighted by Gasteiger charge is -2.33. The van der Waals surface area contributed by atoms with E-state index in [1.165, 1.54) is 18.5 Å². The van der Waals surface area contributed by atoms with Gasteiger partial charge in [0.1, 0.15) is 0 Å². The number of non-ortho nitro benzene ring substituents is 1. The molecule has 0 amide bonds. The molecule has 2 rings (SSSR count). The van der Waals surface area contributed by atoms with Gasteiger partial charge in [0.25, 0.3) is 5.69 Å². The second-order valence-corrected chi connectivity index (χ2v) is 5.09. The Morgan fingerprint density at radius 1 is 1.39 bits per heavy atom. The third-order valence-corrected chi connectivity index (χ3v) is 3.78. The van der Waals surface area contributed by atoms with Crippen molar-refractivity contribution in [2.45, 2.75) is 33.1 Å². The van der Waals surface area contributed by atoms with Gasteiger partial charge < -0.3 is 4.90 Å². The molecule has 0 aromatic heterocycles. The van der Waals surface area contributed by atoms with Crippen LogP contribution in [-0.2, 0) is 6.42 Å². The van der Waals surface area contributed by atoms with E-state index in [1.54, 1.807) is 12.1 Å². The zero-order valence-electron chi connectivity index (χ0n) is 11.1. The van der Waals surface area contributed by atoms with Crippen molar-refractivity contribution in [1.29, 1.82) is 0 Å². The highest BCUT2D eigenvalue weighted by molar-refractivity contribution is 5.58. The van der Waals surface area contributed by atoms with Crippen LogP contribution in [0.1, 0.15) is 32.3 Å². The summed E-state index contributed by atoms with van der Waals surface area (Å²) in [5.74, 6) is 0.796. The van der Waals surface area contributed by atoms with Crippen molar-refractivity contribution in [2.24, 2.45) is 5.92 Å². The van der Waals surface area contributed by atoms with Crippen LogP contribution in [0.4, 0.5) is 11.4 Å². The average Bonchev–Trinajstić information content (AvgIpc) is 2.39. The van der Waals surface area contributed by atoms with Gasteiger partial charge in [0.2, 0.25) is 0 Å². The molecule has 18 heavy (non-hydrogen) atoms. The first kappa shape index (κ1) is 12.9. The van der Waals surface area contributed by atoms with Crippen LogP contribution in [0.15, 0.2) is 18.2 Å². The van der Waals surface area contributed by atoms with Gasteiger partial charge in [0, 0.05) is 30.9 Å². The molecule has 4 nitrogen and oxygen atoms in total. The molecule has 4 heteroatoms. The van der Waals surface area contributed by atoms with Crippen LogP contribution in [0.25, 0.3) is 0 Å². The van der Waals surface area contributed by atoms with Gasteiger partial charge >= 0.3 is 0 Å². The summed E-state index contributed by atoms with van der Waals surface area (Å²) in [7, 11) is 0. The molecule has 1 aliphatic heterocycles. The van der Waals surface area contributed by atoms with E-state index in [9.17, 15) is 10.1 Å². The minimum atomic E-state index is -0.318. The van der Waals surface area contributed by atoms with Crippen LogP contribution in [0.5, 0.6) is 0 Å². The molecule has 1 aliphatic rings. The molecule has 1 fully saturated rings. The van der Waals surface area contributed by atoms with Crippen LogP contribution in [0.3, 0.4) is 0 Å². The quantitative estimate of drug-likeness (QED) is 0.608. The third-order valence-electron chi connectivity index (χ3n) is 3.78. The van der Waals surface area contributed by atoms with Gasteiger partial charge in [0.15, 0.2) is 0 Å². The van der Waals surface area contributed by atoms with Gasteiger partial charge in [-0.25, -0.2) is 0 Å². The fraction of sp³-hybridized carbons (Fsp3) is 0.571. The molecule has 0 N–H and O–H groups in total. The summed E-state index contributed by atoms with van der Waals surface area (Å²) in [6, 6.07) is 5.24. The predicted molar refractivity (Wildman–Crippen MR) is 73.1 cm³/mol. The second kappa shape index (κ2) is 5.38. The molecule has 0 radical (unpaired) electrons. The largest absolute Gasteiger partial charge is 0.371 e. The zero-order valence-corrected chi connectivity index (χ0v) is 11.1. The first-order valence-electron chi connectivity index (χ1n) is 6.64. The number of benzene rings is 1. The van der Waals surface area contributed by atoms with Crippen molar-refractivity contribution in [3.63, 3.8) is 0 Å². The van der Waals surface area contributed by atoms with Gasteiger partial charge in [-0.1, -0.05) is 13.8 Å². The smallest absolute Gasteiger partial charge is 0.269 e. The summed E-state index contributed by atoms with van der Waals surface area (Å²) in [6.45, 7) is 6.46. The number of nitro benzene ring substituents is 1. The molecular formula is C14H20N2O2. The summed E-state index contributed by atoms with van der Waals surface area (Å²) in [6.07, 6.45) is 3.25. The molecule has 0 unspecified atom stereocenters. The Labute approximate surface area is 108 Å². The van der Waals surface area contributed by atoms with Gasteiger partial charge in [-0.2, -0.15) is 0 Å². The number of nitrogens with zero attached hydrogens (tertiary/aromatic N) is 2. The summed E-state index contributed by atoms with van der Waals surface area (Å²) >= 11 is 0. The molecule has 0 spiro atoms. The van der Waals surface area contributed by atoms with Gasteiger partial charge in [-0.3, -0.25) is 10.1 Å². The lowest BCUT2D eigenvalue weighted by molar-refractivity contribution is -0.384. The fourth-order valence-electron chi connectivity index (χ4n) is 2.53. The normalized spacial score (nSPS) is 16.9. The molecule has 98 valence electrons. The van der Waals surface area contributed by atoms with E-state index < -0.39 is 0 Å². The van der Waals surface area contributed by atoms with Crippen molar-refractivity contribution < 1.29 is 4.92 Å². The van der Waals surface area contributed by atoms with E-state index >= 15 is 0 Å². The van der Waals surface area contributed by atoms with Crippen LogP contribution in [0.2, 0.25) is 0 Å². The molecule has 1 saturated heterocycles. The van der Waals surface area contributed by atoms with E-state index in [4.69, 9.17) is 0 Å². The molecule has 1 aromatic rings. The number of piperidine rings is 1. The molecular weight excluding hydrogens is 228 g/mol. The Morgan fingerprint density at radius 2 is 2.06 bits per heavy atom. The Morgan fingerprint density at radius 3 is 2.61 bits per heavy atom. The van der Waals surface area contributed by atoms with Gasteiger partial charge in [-0.05, 0) is 36.8 Å². The van der Waals surface area contributed by atoms with E-state index in [1.807, 2.05) is 6.07 Å². The molecule has 1 aromatic carbocycles. The van der Waals surface area contributed by atoms with Crippen LogP contribution < -0.4 is 4.90 Å². The Bertz CT molecular complexity index is 437. The standard InChI is InChI=1S/C14H20N2O2/c1-3-12-10-13(16(17)18)4-5-14(12)15-8-6-11(2)7-9-15/h4-5,10-11H,3,6-9H2,1-2H3. The number of anilines is 1. The highest BCUT2D eigenvalue weighted by atomic mass is 16.6. The van der Waals surface area contributed by atoms with Crippen LogP contribution >= 0.6 is 0 Å². The van der Waals surface area contributed by atoms with E-state index in [-0.39, 0.29) is 10.6 Å². The monoisotopic (exact) mass is 248 g/mol. The maximum atomic E-state index is 10.8. The van der Waals surface area contributed by atoms with Crippen molar-refractivity contribution >= 4 is 11.4 Å². The summed E-state index contributed by atoms with van der Waals surface area (Å²) in [5.41, 5.74) is 2.45. The van der Waals surface area contributed by atoms with Crippen molar-refractivity contribution in [3.8, 4) is 0 Å². The zero-order chi connectivity index (χ0) is 13.1. The first-order valence-corrected chi connectivity index (χ1v) is 6.64. The van der Waals surface area contributed by atoms with Crippen LogP contribution in [-0.4, -0.2) is 18.0 Å². The number of nitro groups is 1. The van der Waals surface area contributed by atoms with Crippen molar-refractivity contribution in [2.75, 3.05) is 18.0 Å². The van der Waals surface area contributed by atoms with Gasteiger partial charge in [0.05, 0.1) is 4.92 Å². The molecule has 0 bridgehead atoms. The first-order chi connectivity index (χ1) is 8.61. The Balaban J connectivity index is 2.24. The highest BCUT2D eigenvalue weighted by Crippen LogP contribution is 2.29. The summed E-state index contributed by atoms with van der Waals surface area (Å²) in [4.78, 5) is 12.8. The van der Waals surface area contributed by atoms with Crippen molar-refractivity contribution in [1.82, 2.24) is 0 Å². The van der Waals surface area contributed by atoms with Crippen molar-refractivity contribution in [3.05, 3.63) is 33.9 Å². The maximum absolute atomic E-state index is 10.8. The number of rotatable bonds is 3. The Hall–Kier alpha value is -1.58. The topological polar surface area (TPSA) is 46.4 Å². The number of aryl methyl sites for hydroxylation is 1. The minimum Gasteiger partial charge on any atom is -0.371 e. The fourth-order valence-corrected chi connectivity index (χ4v) is 2.53. The number of hydrogen-bond donors (Lipinski definition) is 0. The molecule has 0 saturated carbocycles. The van der Waals surface area contributed by atoms with Gasteiger partial charge in [-0.15, -0.1) is 0 Å². The van der Waals surface area contributed by atoms with Crippen LogP contribution in [0, 0.1) is 16.0 Å². The maximum Gasteiger partial charge on any atom is 0.269 e. The lowest BCUT2D eigenvalue weighted by atomic mass is 9.97. The molecule has 0 aliphatic carbocycles. The summed E-state index contributed by atoms with van der Waals surface area (Å²) < 4.78 is 0. The van der Waals surface area contributed by atoms with E-state index in [0.29, 0.717) is 0 Å². The van der Waals surface area contributed by atoms with E-state index in [2.05, 4.69) is 18.7 Å². The SMILES string of the molecule is CCc1cc([N+](=O)[O-])ccc1N1CCC(C)CC1. The predicted octanol–water partition coefficient (Wildman–Crippen LogP) is 3.39. The lowest BCUT2D eigenvalue weighted by Crippen LogP contribution is -2.33. The average molecular weight is 248 g/mol. The Kier molecular flexibility index (Phi) is 3.84. The second-order valence-electron chi connectivity index (χ2n) is 5.09. The number of hydrogen-bond acceptors (Lipinski definition) is 3. The third kappa shape index (κ3) is 2.63. The highest BCUT2D eigenvalue weighted by Gasteiger charge is 2.19.